The molecule has 0 amide bonds. The molecule has 3 rings (SSSR count). The van der Waals surface area contributed by atoms with Crippen LogP contribution in [0.3, 0.4) is 0 Å². The lowest BCUT2D eigenvalue weighted by Gasteiger charge is -2.31. The van der Waals surface area contributed by atoms with Gasteiger partial charge >= 0.3 is 5.97 Å². The van der Waals surface area contributed by atoms with Gasteiger partial charge in [0.05, 0.1) is 29.5 Å². The molecule has 2 heterocycles. The monoisotopic (exact) mass is 350 g/mol. The molecule has 0 N–H and O–H groups in total. The molecule has 1 aromatic carbocycles. The van der Waals surface area contributed by atoms with Crippen molar-refractivity contribution in [1.82, 2.24) is 4.57 Å². The second-order valence-electron chi connectivity index (χ2n) is 6.40. The number of rotatable bonds is 3. The fourth-order valence-corrected chi connectivity index (χ4v) is 2.83. The van der Waals surface area contributed by atoms with Gasteiger partial charge in [-0.3, -0.25) is 9.36 Å². The number of pyridine rings is 1. The average Bonchev–Trinajstić information content (AvgIpc) is 2.60. The maximum Gasteiger partial charge on any atom is 0.338 e. The first-order valence-corrected chi connectivity index (χ1v) is 8.21. The summed E-state index contributed by atoms with van der Waals surface area (Å²) in [5.74, 6) is 0.0538. The highest BCUT2D eigenvalue weighted by Gasteiger charge is 2.28. The van der Waals surface area contributed by atoms with Gasteiger partial charge in [0.15, 0.2) is 0 Å². The first-order valence-electron chi connectivity index (χ1n) is 8.21. The van der Waals surface area contributed by atoms with Crippen LogP contribution in [-0.2, 0) is 4.74 Å². The van der Waals surface area contributed by atoms with Gasteiger partial charge in [-0.15, -0.1) is 0 Å². The number of benzene rings is 1. The Morgan fingerprint density at radius 1 is 1.31 bits per heavy atom. The maximum absolute atomic E-state index is 12.6. The van der Waals surface area contributed by atoms with Gasteiger partial charge in [0.1, 0.15) is 11.4 Å². The van der Waals surface area contributed by atoms with Crippen molar-refractivity contribution < 1.29 is 14.3 Å². The van der Waals surface area contributed by atoms with Crippen LogP contribution in [0.1, 0.15) is 42.3 Å². The molecule has 0 radical (unpaired) electrons. The number of hydrogen-bond donors (Lipinski definition) is 0. The van der Waals surface area contributed by atoms with Crippen LogP contribution in [-0.4, -0.2) is 22.7 Å². The van der Waals surface area contributed by atoms with Crippen LogP contribution in [0.5, 0.6) is 5.75 Å². The van der Waals surface area contributed by atoms with Crippen molar-refractivity contribution in [2.45, 2.75) is 26.4 Å². The summed E-state index contributed by atoms with van der Waals surface area (Å²) >= 11 is 0. The second kappa shape index (κ2) is 6.52. The van der Waals surface area contributed by atoms with E-state index < -0.39 is 11.6 Å². The highest BCUT2D eigenvalue weighted by molar-refractivity contribution is 5.89. The highest BCUT2D eigenvalue weighted by atomic mass is 16.5. The van der Waals surface area contributed by atoms with Crippen molar-refractivity contribution in [3.63, 3.8) is 0 Å². The number of esters is 1. The molecule has 2 aromatic rings. The van der Waals surface area contributed by atoms with Crippen LogP contribution < -0.4 is 10.3 Å². The summed E-state index contributed by atoms with van der Waals surface area (Å²) < 4.78 is 12.3. The SMILES string of the molecule is CCOC(=O)c1ccn(C2=CC(C)(C)Oc3ccc(C#N)cc32)c(=O)c1. The van der Waals surface area contributed by atoms with Gasteiger partial charge in [0.2, 0.25) is 0 Å². The topological polar surface area (TPSA) is 81.3 Å². The molecule has 0 atom stereocenters. The molecule has 0 aliphatic carbocycles. The van der Waals surface area contributed by atoms with Gasteiger partial charge in [-0.2, -0.15) is 5.26 Å². The Hall–Kier alpha value is -3.33. The van der Waals surface area contributed by atoms with Crippen LogP contribution in [0.25, 0.3) is 5.70 Å². The van der Waals surface area contributed by atoms with E-state index in [1.165, 1.54) is 22.9 Å². The summed E-state index contributed by atoms with van der Waals surface area (Å²) in [7, 11) is 0. The Morgan fingerprint density at radius 3 is 2.73 bits per heavy atom. The minimum atomic E-state index is -0.629. The summed E-state index contributed by atoms with van der Waals surface area (Å²) in [5.41, 5.74) is 0.923. The Bertz CT molecular complexity index is 1010. The molecule has 0 fully saturated rings. The van der Waals surface area contributed by atoms with E-state index in [9.17, 15) is 14.9 Å². The van der Waals surface area contributed by atoms with Gasteiger partial charge in [-0.05, 0) is 51.1 Å². The molecular formula is C20H18N2O4. The standard InChI is InChI=1S/C20H18N2O4/c1-4-25-19(24)14-7-8-22(18(23)10-14)16-11-20(2,3)26-17-6-5-13(12-21)9-15(16)17/h5-11H,4H2,1-3H3. The minimum Gasteiger partial charge on any atom is -0.483 e. The van der Waals surface area contributed by atoms with E-state index in [0.29, 0.717) is 22.6 Å². The summed E-state index contributed by atoms with van der Waals surface area (Å²) in [6.07, 6.45) is 3.35. The van der Waals surface area contributed by atoms with E-state index in [2.05, 4.69) is 6.07 Å². The van der Waals surface area contributed by atoms with Crippen molar-refractivity contribution in [1.29, 1.82) is 5.26 Å². The van der Waals surface area contributed by atoms with Gasteiger partial charge in [0.25, 0.3) is 5.56 Å². The molecule has 0 bridgehead atoms. The van der Waals surface area contributed by atoms with Gasteiger partial charge in [0, 0.05) is 17.8 Å². The van der Waals surface area contributed by atoms with E-state index in [4.69, 9.17) is 9.47 Å². The van der Waals surface area contributed by atoms with Gasteiger partial charge in [-0.25, -0.2) is 4.79 Å². The predicted molar refractivity (Wildman–Crippen MR) is 95.9 cm³/mol. The number of hydrogen-bond acceptors (Lipinski definition) is 5. The summed E-state index contributed by atoms with van der Waals surface area (Å²) in [6.45, 7) is 5.71. The molecule has 0 saturated heterocycles. The fraction of sp³-hybridized carbons (Fsp3) is 0.250. The van der Waals surface area contributed by atoms with E-state index in [1.807, 2.05) is 19.9 Å². The number of nitriles is 1. The molecule has 1 aliphatic heterocycles. The van der Waals surface area contributed by atoms with Crippen LogP contribution >= 0.6 is 0 Å². The number of aromatic nitrogens is 1. The first-order chi connectivity index (χ1) is 12.3. The third kappa shape index (κ3) is 3.24. The van der Waals surface area contributed by atoms with Crippen molar-refractivity contribution in [3.8, 4) is 11.8 Å². The molecule has 26 heavy (non-hydrogen) atoms. The molecule has 1 aliphatic rings. The van der Waals surface area contributed by atoms with Gasteiger partial charge < -0.3 is 9.47 Å². The third-order valence-corrected chi connectivity index (χ3v) is 3.93. The minimum absolute atomic E-state index is 0.200. The summed E-state index contributed by atoms with van der Waals surface area (Å²) in [4.78, 5) is 24.5. The number of carbonyl (C=O) groups excluding carboxylic acids is 1. The number of fused-ring (bicyclic) bond motifs is 1. The van der Waals surface area contributed by atoms with Crippen LogP contribution in [0.15, 0.2) is 47.4 Å². The van der Waals surface area contributed by atoms with Crippen molar-refractivity contribution in [3.05, 3.63) is 69.6 Å². The van der Waals surface area contributed by atoms with E-state index in [-0.39, 0.29) is 17.7 Å². The molecule has 1 aromatic heterocycles. The van der Waals surface area contributed by atoms with Crippen LogP contribution in [0.2, 0.25) is 0 Å². The molecule has 132 valence electrons. The first kappa shape index (κ1) is 17.5. The maximum atomic E-state index is 12.6. The lowest BCUT2D eigenvalue weighted by atomic mass is 9.97. The van der Waals surface area contributed by atoms with E-state index in [1.54, 1.807) is 25.1 Å². The largest absolute Gasteiger partial charge is 0.483 e. The molecule has 6 heteroatoms. The fourth-order valence-electron chi connectivity index (χ4n) is 2.83. The highest BCUT2D eigenvalue weighted by Crippen LogP contribution is 2.36. The third-order valence-electron chi connectivity index (χ3n) is 3.93. The Balaban J connectivity index is 2.14. The quantitative estimate of drug-likeness (QED) is 0.795. The number of ether oxygens (including phenoxy) is 2. The smallest absolute Gasteiger partial charge is 0.338 e. The van der Waals surface area contributed by atoms with E-state index >= 15 is 0 Å². The Morgan fingerprint density at radius 2 is 2.08 bits per heavy atom. The van der Waals surface area contributed by atoms with Crippen LogP contribution in [0.4, 0.5) is 0 Å². The van der Waals surface area contributed by atoms with E-state index in [0.717, 1.165) is 0 Å². The lowest BCUT2D eigenvalue weighted by Crippen LogP contribution is -2.32. The molecule has 0 saturated carbocycles. The summed E-state index contributed by atoms with van der Waals surface area (Å²) in [5, 5.41) is 9.17. The Kier molecular flexibility index (Phi) is 4.39. The lowest BCUT2D eigenvalue weighted by molar-refractivity contribution is 0.0526. The molecule has 6 nitrogen and oxygen atoms in total. The van der Waals surface area contributed by atoms with Crippen molar-refractivity contribution in [2.24, 2.45) is 0 Å². The molecular weight excluding hydrogens is 332 g/mol. The molecule has 0 spiro atoms. The second-order valence-corrected chi connectivity index (χ2v) is 6.40. The van der Waals surface area contributed by atoms with Crippen molar-refractivity contribution in [2.75, 3.05) is 6.61 Å². The van der Waals surface area contributed by atoms with Crippen molar-refractivity contribution >= 4 is 11.7 Å². The zero-order chi connectivity index (χ0) is 18.9. The van der Waals surface area contributed by atoms with Crippen LogP contribution in [0, 0.1) is 11.3 Å². The molecule has 0 unspecified atom stereocenters. The zero-order valence-corrected chi connectivity index (χ0v) is 14.8. The summed E-state index contributed by atoms with van der Waals surface area (Å²) in [6, 6.07) is 9.95. The zero-order valence-electron chi connectivity index (χ0n) is 14.8. The number of nitrogens with zero attached hydrogens (tertiary/aromatic N) is 2. The number of carbonyl (C=O) groups is 1. The Labute approximate surface area is 150 Å². The van der Waals surface area contributed by atoms with Gasteiger partial charge in [-0.1, -0.05) is 0 Å². The normalized spacial score (nSPS) is 14.5. The predicted octanol–water partition coefficient (Wildman–Crippen LogP) is 2.96. The average molecular weight is 350 g/mol.